The van der Waals surface area contributed by atoms with Gasteiger partial charge in [0.05, 0.1) is 0 Å². The number of carbonyl (C=O) groups is 2. The van der Waals surface area contributed by atoms with Gasteiger partial charge >= 0.3 is 0 Å². The molecule has 0 radical (unpaired) electrons. The number of halogens is 1. The number of nitrogens with one attached hydrogen (secondary N) is 4. The fraction of sp³-hybridized carbons (Fsp3) is 0.500. The van der Waals surface area contributed by atoms with Crippen LogP contribution in [0.3, 0.4) is 0 Å². The fourth-order valence-corrected chi connectivity index (χ4v) is 6.64. The van der Waals surface area contributed by atoms with Crippen molar-refractivity contribution in [2.24, 2.45) is 0 Å². The quantitative estimate of drug-likeness (QED) is 0.205. The van der Waals surface area contributed by atoms with Gasteiger partial charge < -0.3 is 21.3 Å². The zero-order valence-corrected chi connectivity index (χ0v) is 22.3. The molecule has 0 spiro atoms. The van der Waals surface area contributed by atoms with Crippen LogP contribution in [0.25, 0.3) is 11.4 Å². The molecule has 35 heavy (non-hydrogen) atoms. The molecule has 1 fully saturated rings. The molecule has 4 N–H and O–H groups in total. The molecule has 1 aliphatic rings. The molecule has 1 aliphatic heterocycles. The Balaban J connectivity index is 1.46. The first kappa shape index (κ1) is 27.4. The summed E-state index contributed by atoms with van der Waals surface area (Å²) in [4.78, 5) is 32.4. The lowest BCUT2D eigenvalue weighted by Crippen LogP contribution is -2.28. The topological polar surface area (TPSA) is 108 Å². The van der Waals surface area contributed by atoms with Gasteiger partial charge in [-0.2, -0.15) is 0 Å². The Morgan fingerprint density at radius 1 is 1.00 bits per heavy atom. The van der Waals surface area contributed by atoms with Crippen molar-refractivity contribution in [2.45, 2.75) is 44.3 Å². The highest BCUT2D eigenvalue weighted by molar-refractivity contribution is 8.77. The monoisotopic (exact) mass is 536 g/mol. The molecule has 11 heteroatoms. The van der Waals surface area contributed by atoms with Gasteiger partial charge in [-0.3, -0.25) is 9.59 Å². The molecule has 8 nitrogen and oxygen atoms in total. The van der Waals surface area contributed by atoms with Crippen molar-refractivity contribution in [3.63, 3.8) is 0 Å². The zero-order chi connectivity index (χ0) is 24.9. The second-order valence-electron chi connectivity index (χ2n) is 8.23. The second-order valence-corrected chi connectivity index (χ2v) is 11.5. The van der Waals surface area contributed by atoms with Crippen LogP contribution in [0, 0.1) is 0 Å². The maximum atomic E-state index is 12.1. The molecule has 2 aromatic rings. The number of rotatable bonds is 14. The van der Waals surface area contributed by atoms with E-state index >= 15 is 0 Å². The number of hydrogen-bond donors (Lipinski definition) is 4. The molecule has 190 valence electrons. The van der Waals surface area contributed by atoms with E-state index in [1.807, 2.05) is 39.8 Å². The molecule has 1 saturated heterocycles. The summed E-state index contributed by atoms with van der Waals surface area (Å²) in [6.07, 6.45) is 5.11. The Kier molecular flexibility index (Phi) is 11.8. The first-order valence-electron chi connectivity index (χ1n) is 11.9. The Bertz CT molecular complexity index is 958. The normalized spacial score (nSPS) is 15.0. The number of unbranched alkanes of at least 4 members (excludes halogenated alkanes) is 1. The van der Waals surface area contributed by atoms with Crippen LogP contribution < -0.4 is 21.3 Å². The Morgan fingerprint density at radius 3 is 2.31 bits per heavy atom. The van der Waals surface area contributed by atoms with Gasteiger partial charge in [0.15, 0.2) is 5.82 Å². The molecule has 0 aliphatic carbocycles. The van der Waals surface area contributed by atoms with Crippen molar-refractivity contribution in [1.29, 1.82) is 0 Å². The largest absolute Gasteiger partial charge is 0.368 e. The first-order chi connectivity index (χ1) is 17.0. The lowest BCUT2D eigenvalue weighted by molar-refractivity contribution is -0.121. The van der Waals surface area contributed by atoms with Crippen molar-refractivity contribution in [3.05, 3.63) is 35.4 Å². The molecular weight excluding hydrogens is 504 g/mol. The van der Waals surface area contributed by atoms with Crippen LogP contribution >= 0.6 is 33.2 Å². The fourth-order valence-electron chi connectivity index (χ4n) is 3.49. The molecule has 3 rings (SSSR count). The third-order valence-electron chi connectivity index (χ3n) is 5.29. The second kappa shape index (κ2) is 15.1. The molecule has 1 aromatic carbocycles. The van der Waals surface area contributed by atoms with Crippen molar-refractivity contribution in [1.82, 2.24) is 20.6 Å². The molecule has 2 amide bonds. The van der Waals surface area contributed by atoms with Crippen molar-refractivity contribution in [2.75, 3.05) is 42.6 Å². The van der Waals surface area contributed by atoms with E-state index in [4.69, 9.17) is 11.6 Å². The standard InChI is InChI=1S/C24H33ClN6O2S2/c1-17(32)26-11-12-27-21-16-22(31-24(30-21)18-6-8-19(25)9-7-18)28-13-14-29-23(33)5-3-2-4-20-10-15-34-35-20/h6-9,16,20H,2-5,10-15H2,1H3,(H,26,32)(H,29,33)(H2,27,28,30,31). The van der Waals surface area contributed by atoms with Crippen molar-refractivity contribution < 1.29 is 9.59 Å². The number of benzene rings is 1. The number of hydrogen-bond acceptors (Lipinski definition) is 8. The number of nitrogens with zero attached hydrogens (tertiary/aromatic N) is 2. The molecule has 0 bridgehead atoms. The lowest BCUT2D eigenvalue weighted by Gasteiger charge is -2.12. The van der Waals surface area contributed by atoms with Crippen LogP contribution in [0.5, 0.6) is 0 Å². The predicted octanol–water partition coefficient (Wildman–Crippen LogP) is 4.59. The van der Waals surface area contributed by atoms with E-state index in [1.54, 1.807) is 12.1 Å². The summed E-state index contributed by atoms with van der Waals surface area (Å²) in [6.45, 7) is 3.57. The van der Waals surface area contributed by atoms with Crippen molar-refractivity contribution in [3.8, 4) is 11.4 Å². The molecule has 0 saturated carbocycles. The molecule has 1 aromatic heterocycles. The summed E-state index contributed by atoms with van der Waals surface area (Å²) in [5.74, 6) is 3.11. The number of aromatic nitrogens is 2. The number of carbonyl (C=O) groups excluding carboxylic acids is 2. The number of anilines is 2. The van der Waals surface area contributed by atoms with Gasteiger partial charge in [0, 0.05) is 67.2 Å². The van der Waals surface area contributed by atoms with Crippen LogP contribution in [0.15, 0.2) is 30.3 Å². The average Bonchev–Trinajstić information content (AvgIpc) is 3.36. The lowest BCUT2D eigenvalue weighted by atomic mass is 10.1. The van der Waals surface area contributed by atoms with Crippen molar-refractivity contribution >= 4 is 56.6 Å². The van der Waals surface area contributed by atoms with Gasteiger partial charge in [-0.1, -0.05) is 39.6 Å². The summed E-state index contributed by atoms with van der Waals surface area (Å²) < 4.78 is 0. The summed E-state index contributed by atoms with van der Waals surface area (Å²) >= 11 is 6.01. The summed E-state index contributed by atoms with van der Waals surface area (Å²) in [6, 6.07) is 9.14. The molecule has 1 atom stereocenters. The highest BCUT2D eigenvalue weighted by Crippen LogP contribution is 2.39. The SMILES string of the molecule is CC(=O)NCCNc1cc(NCCNC(=O)CCCCC2CCSS2)nc(-c2ccc(Cl)cc2)n1. The van der Waals surface area contributed by atoms with Gasteiger partial charge in [-0.25, -0.2) is 9.97 Å². The van der Waals surface area contributed by atoms with E-state index in [0.29, 0.717) is 55.1 Å². The maximum absolute atomic E-state index is 12.1. The minimum absolute atomic E-state index is 0.0762. The summed E-state index contributed by atoms with van der Waals surface area (Å²) in [5, 5.41) is 13.6. The average molecular weight is 537 g/mol. The molecule has 2 heterocycles. The van der Waals surface area contributed by atoms with Crippen LogP contribution in [-0.4, -0.2) is 59.0 Å². The van der Waals surface area contributed by atoms with E-state index in [1.165, 1.54) is 25.5 Å². The van der Waals surface area contributed by atoms with Gasteiger partial charge in [-0.15, -0.1) is 0 Å². The zero-order valence-electron chi connectivity index (χ0n) is 19.9. The smallest absolute Gasteiger partial charge is 0.220 e. The van der Waals surface area contributed by atoms with Crippen LogP contribution in [-0.2, 0) is 9.59 Å². The van der Waals surface area contributed by atoms with Gasteiger partial charge in [0.25, 0.3) is 0 Å². The number of amides is 2. The minimum atomic E-state index is -0.0762. The van der Waals surface area contributed by atoms with Crippen LogP contribution in [0.1, 0.15) is 39.0 Å². The van der Waals surface area contributed by atoms with Gasteiger partial charge in [0.2, 0.25) is 11.8 Å². The van der Waals surface area contributed by atoms with Gasteiger partial charge in [0.1, 0.15) is 11.6 Å². The minimum Gasteiger partial charge on any atom is -0.368 e. The molecule has 1 unspecified atom stereocenters. The molecular formula is C24H33ClN6O2S2. The Morgan fingerprint density at radius 2 is 1.69 bits per heavy atom. The van der Waals surface area contributed by atoms with Crippen LogP contribution in [0.4, 0.5) is 11.6 Å². The highest BCUT2D eigenvalue weighted by Gasteiger charge is 2.15. The third kappa shape index (κ3) is 10.5. The van der Waals surface area contributed by atoms with E-state index in [-0.39, 0.29) is 11.8 Å². The van der Waals surface area contributed by atoms with E-state index in [2.05, 4.69) is 31.2 Å². The van der Waals surface area contributed by atoms with Gasteiger partial charge in [-0.05, 0) is 43.5 Å². The van der Waals surface area contributed by atoms with E-state index < -0.39 is 0 Å². The summed E-state index contributed by atoms with van der Waals surface area (Å²) in [5.41, 5.74) is 0.839. The summed E-state index contributed by atoms with van der Waals surface area (Å²) in [7, 11) is 3.96. The maximum Gasteiger partial charge on any atom is 0.220 e. The van der Waals surface area contributed by atoms with E-state index in [9.17, 15) is 9.59 Å². The highest BCUT2D eigenvalue weighted by atomic mass is 35.5. The first-order valence-corrected chi connectivity index (χ1v) is 14.7. The Hall–Kier alpha value is -2.17. The predicted molar refractivity (Wildman–Crippen MR) is 148 cm³/mol. The van der Waals surface area contributed by atoms with E-state index in [0.717, 1.165) is 23.7 Å². The Labute approximate surface area is 220 Å². The van der Waals surface area contributed by atoms with Crippen LogP contribution in [0.2, 0.25) is 5.02 Å². The third-order valence-corrected chi connectivity index (χ3v) is 8.55.